The molecule has 0 aliphatic carbocycles. The van der Waals surface area contributed by atoms with Gasteiger partial charge >= 0.3 is 0 Å². The van der Waals surface area contributed by atoms with Crippen LogP contribution in [0.2, 0.25) is 0 Å². The van der Waals surface area contributed by atoms with Crippen LogP contribution < -0.4 is 4.98 Å². The molecule has 18 heavy (non-hydrogen) atoms. The summed E-state index contributed by atoms with van der Waals surface area (Å²) in [5, 5.41) is 7.70. The van der Waals surface area contributed by atoms with Crippen molar-refractivity contribution >= 4 is 17.1 Å². The molecule has 2 heterocycles. The zero-order valence-corrected chi connectivity index (χ0v) is 10.2. The van der Waals surface area contributed by atoms with E-state index in [0.717, 1.165) is 37.5 Å². The number of morpholine rings is 1. The third kappa shape index (κ3) is 2.49. The van der Waals surface area contributed by atoms with Crippen molar-refractivity contribution in [2.45, 2.75) is 0 Å². The van der Waals surface area contributed by atoms with E-state index in [1.165, 1.54) is 5.39 Å². The fourth-order valence-electron chi connectivity index (χ4n) is 2.02. The van der Waals surface area contributed by atoms with Crippen molar-refractivity contribution in [3.8, 4) is 0 Å². The maximum atomic E-state index is 5.29. The summed E-state index contributed by atoms with van der Waals surface area (Å²) in [6.07, 6.45) is 1.87. The van der Waals surface area contributed by atoms with Gasteiger partial charge in [0.05, 0.1) is 26.3 Å². The summed E-state index contributed by atoms with van der Waals surface area (Å²) in [7, 11) is 0. The second-order valence-electron chi connectivity index (χ2n) is 4.31. The zero-order valence-electron chi connectivity index (χ0n) is 10.2. The topological polar surface area (TPSA) is 39.0 Å². The predicted octanol–water partition coefficient (Wildman–Crippen LogP) is 1.32. The van der Waals surface area contributed by atoms with Crippen molar-refractivity contribution in [2.75, 3.05) is 26.3 Å². The maximum Gasteiger partial charge on any atom is 0.224 e. The van der Waals surface area contributed by atoms with Gasteiger partial charge in [-0.05, 0) is 12.1 Å². The average molecular weight is 242 g/mol. The minimum atomic E-state index is 0.763. The van der Waals surface area contributed by atoms with E-state index in [9.17, 15) is 0 Å². The molecule has 4 nitrogen and oxygen atoms in total. The molecule has 0 amide bonds. The van der Waals surface area contributed by atoms with Gasteiger partial charge in [0.2, 0.25) is 11.2 Å². The van der Waals surface area contributed by atoms with Crippen LogP contribution in [-0.2, 0) is 4.74 Å². The van der Waals surface area contributed by atoms with Crippen LogP contribution in [0.3, 0.4) is 0 Å². The highest BCUT2D eigenvalue weighted by Gasteiger charge is 2.07. The fraction of sp³-hybridized carbons (Fsp3) is 0.286. The van der Waals surface area contributed by atoms with E-state index >= 15 is 0 Å². The predicted molar refractivity (Wildman–Crippen MR) is 70.5 cm³/mol. The van der Waals surface area contributed by atoms with Crippen LogP contribution in [-0.4, -0.2) is 37.5 Å². The monoisotopic (exact) mass is 242 g/mol. The van der Waals surface area contributed by atoms with E-state index in [-0.39, 0.29) is 0 Å². The number of pyridine rings is 1. The Morgan fingerprint density at radius 1 is 1.11 bits per heavy atom. The van der Waals surface area contributed by atoms with Crippen molar-refractivity contribution in [1.29, 1.82) is 0 Å². The molecule has 92 valence electrons. The molecule has 1 N–H and O–H groups in total. The molecule has 1 saturated heterocycles. The lowest BCUT2D eigenvalue weighted by Crippen LogP contribution is -2.32. The average Bonchev–Trinajstić information content (AvgIpc) is 2.46. The van der Waals surface area contributed by atoms with Crippen LogP contribution in [0.1, 0.15) is 5.69 Å². The molecule has 0 unspecified atom stereocenters. The molecular formula is C14H16N3O+. The number of rotatable bonds is 2. The van der Waals surface area contributed by atoms with Gasteiger partial charge in [0.1, 0.15) is 6.21 Å². The summed E-state index contributed by atoms with van der Waals surface area (Å²) in [6, 6.07) is 12.4. The third-order valence-electron chi connectivity index (χ3n) is 3.03. The summed E-state index contributed by atoms with van der Waals surface area (Å²) in [4.78, 5) is 3.36. The van der Waals surface area contributed by atoms with Gasteiger partial charge < -0.3 is 4.74 Å². The molecule has 0 saturated carbocycles. The lowest BCUT2D eigenvalue weighted by atomic mass is 10.2. The first-order valence-corrected chi connectivity index (χ1v) is 6.19. The van der Waals surface area contributed by atoms with Gasteiger partial charge in [-0.3, -0.25) is 5.01 Å². The molecule has 1 aromatic carbocycles. The van der Waals surface area contributed by atoms with Crippen LogP contribution in [0.15, 0.2) is 41.5 Å². The van der Waals surface area contributed by atoms with Gasteiger partial charge in [0, 0.05) is 17.5 Å². The summed E-state index contributed by atoms with van der Waals surface area (Å²) >= 11 is 0. The van der Waals surface area contributed by atoms with Crippen LogP contribution in [0.25, 0.3) is 10.9 Å². The Balaban J connectivity index is 1.79. The molecule has 3 rings (SSSR count). The smallest absolute Gasteiger partial charge is 0.224 e. The number of nitrogens with zero attached hydrogens (tertiary/aromatic N) is 2. The van der Waals surface area contributed by atoms with E-state index in [4.69, 9.17) is 4.74 Å². The SMILES string of the molecule is C(=N\N1CCOCC1)/c1ccc2ccccc2[nH+]1. The van der Waals surface area contributed by atoms with Crippen molar-refractivity contribution in [3.05, 3.63) is 42.1 Å². The zero-order chi connectivity index (χ0) is 12.2. The Labute approximate surface area is 106 Å². The van der Waals surface area contributed by atoms with Gasteiger partial charge in [-0.2, -0.15) is 5.10 Å². The van der Waals surface area contributed by atoms with Crippen molar-refractivity contribution < 1.29 is 9.72 Å². The van der Waals surface area contributed by atoms with Gasteiger partial charge in [-0.15, -0.1) is 0 Å². The number of aromatic nitrogens is 1. The number of para-hydroxylation sites is 1. The molecule has 4 heteroatoms. The third-order valence-corrected chi connectivity index (χ3v) is 3.03. The van der Waals surface area contributed by atoms with Gasteiger partial charge in [-0.25, -0.2) is 4.98 Å². The van der Waals surface area contributed by atoms with E-state index in [1.54, 1.807) is 0 Å². The number of hydrogen-bond donors (Lipinski definition) is 0. The summed E-state index contributed by atoms with van der Waals surface area (Å²) < 4.78 is 5.29. The lowest BCUT2D eigenvalue weighted by molar-refractivity contribution is -0.346. The summed E-state index contributed by atoms with van der Waals surface area (Å²) in [5.41, 5.74) is 2.14. The standard InChI is InChI=1S/C14H15N3O/c1-2-4-14-12(3-1)5-6-13(16-14)11-15-17-7-9-18-10-8-17/h1-6,11H,7-10H2/p+1/b15-11+. The molecule has 1 fully saturated rings. The van der Waals surface area contributed by atoms with Crippen molar-refractivity contribution in [1.82, 2.24) is 5.01 Å². The number of aromatic amines is 1. The molecule has 2 aromatic rings. The first kappa shape index (κ1) is 11.2. The van der Waals surface area contributed by atoms with E-state index in [0.29, 0.717) is 0 Å². The number of nitrogens with one attached hydrogen (secondary N) is 1. The summed E-state index contributed by atoms with van der Waals surface area (Å²) in [5.74, 6) is 0. The molecule has 0 atom stereocenters. The Hall–Kier alpha value is -1.94. The quantitative estimate of drug-likeness (QED) is 0.745. The second kappa shape index (κ2) is 5.14. The highest BCUT2D eigenvalue weighted by atomic mass is 16.5. The molecule has 0 spiro atoms. The minimum absolute atomic E-state index is 0.763. The first-order valence-electron chi connectivity index (χ1n) is 6.19. The van der Waals surface area contributed by atoms with Gasteiger partial charge in [-0.1, -0.05) is 12.1 Å². The fourth-order valence-corrected chi connectivity index (χ4v) is 2.02. The highest BCUT2D eigenvalue weighted by molar-refractivity contribution is 5.80. The number of hydrazone groups is 1. The number of fused-ring (bicyclic) bond motifs is 1. The first-order chi connectivity index (χ1) is 8.92. The Bertz CT molecular complexity index is 562. The normalized spacial score (nSPS) is 16.6. The number of benzene rings is 1. The van der Waals surface area contributed by atoms with Crippen molar-refractivity contribution in [2.24, 2.45) is 5.10 Å². The van der Waals surface area contributed by atoms with E-state index in [2.05, 4.69) is 28.3 Å². The Morgan fingerprint density at radius 2 is 1.94 bits per heavy atom. The maximum absolute atomic E-state index is 5.29. The van der Waals surface area contributed by atoms with Crippen LogP contribution >= 0.6 is 0 Å². The number of hydrogen-bond acceptors (Lipinski definition) is 3. The Kier molecular flexibility index (Phi) is 3.19. The van der Waals surface area contributed by atoms with Crippen LogP contribution in [0, 0.1) is 0 Å². The molecule has 0 radical (unpaired) electrons. The van der Waals surface area contributed by atoms with Crippen molar-refractivity contribution in [3.63, 3.8) is 0 Å². The molecule has 1 aliphatic rings. The molecule has 1 aromatic heterocycles. The highest BCUT2D eigenvalue weighted by Crippen LogP contribution is 2.07. The Morgan fingerprint density at radius 3 is 2.83 bits per heavy atom. The molecule has 1 aliphatic heterocycles. The van der Waals surface area contributed by atoms with E-state index < -0.39 is 0 Å². The second-order valence-corrected chi connectivity index (χ2v) is 4.31. The van der Waals surface area contributed by atoms with Crippen LogP contribution in [0.4, 0.5) is 0 Å². The largest absolute Gasteiger partial charge is 0.378 e. The minimum Gasteiger partial charge on any atom is -0.378 e. The number of H-pyrrole nitrogens is 1. The number of ether oxygens (including phenoxy) is 1. The molecule has 0 bridgehead atoms. The molecular weight excluding hydrogens is 226 g/mol. The van der Waals surface area contributed by atoms with Gasteiger partial charge in [0.15, 0.2) is 0 Å². The van der Waals surface area contributed by atoms with E-state index in [1.807, 2.05) is 29.4 Å². The summed E-state index contributed by atoms with van der Waals surface area (Å²) in [6.45, 7) is 3.26. The lowest BCUT2D eigenvalue weighted by Gasteiger charge is -2.23. The van der Waals surface area contributed by atoms with Gasteiger partial charge in [0.25, 0.3) is 0 Å². The van der Waals surface area contributed by atoms with Crippen LogP contribution in [0.5, 0.6) is 0 Å².